The summed E-state index contributed by atoms with van der Waals surface area (Å²) in [7, 11) is 0. The first-order valence-electron chi connectivity index (χ1n) is 8.40. The molecular formula is C20H23ClN2O3. The number of nitrogens with one attached hydrogen (secondary N) is 2. The summed E-state index contributed by atoms with van der Waals surface area (Å²) in [4.78, 5) is 23.8. The Morgan fingerprint density at radius 1 is 1.08 bits per heavy atom. The Balaban J connectivity index is 1.84. The number of anilines is 1. The molecule has 2 aromatic carbocycles. The highest BCUT2D eigenvalue weighted by molar-refractivity contribution is 6.30. The van der Waals surface area contributed by atoms with Crippen molar-refractivity contribution in [3.05, 3.63) is 58.6 Å². The third kappa shape index (κ3) is 6.41. The van der Waals surface area contributed by atoms with E-state index in [-0.39, 0.29) is 24.5 Å². The van der Waals surface area contributed by atoms with Crippen molar-refractivity contribution in [2.45, 2.75) is 33.2 Å². The van der Waals surface area contributed by atoms with Crippen LogP contribution in [0.25, 0.3) is 0 Å². The number of rotatable bonds is 7. The van der Waals surface area contributed by atoms with E-state index in [1.807, 2.05) is 32.9 Å². The van der Waals surface area contributed by atoms with Gasteiger partial charge in [-0.05, 0) is 62.2 Å². The van der Waals surface area contributed by atoms with Crippen LogP contribution in [0.15, 0.2) is 42.5 Å². The fourth-order valence-corrected chi connectivity index (χ4v) is 2.61. The molecule has 0 saturated heterocycles. The van der Waals surface area contributed by atoms with Gasteiger partial charge in [0.05, 0.1) is 6.42 Å². The number of hydrogen-bond donors (Lipinski definition) is 2. The molecule has 0 unspecified atom stereocenters. The predicted molar refractivity (Wildman–Crippen MR) is 104 cm³/mol. The van der Waals surface area contributed by atoms with Gasteiger partial charge in [0, 0.05) is 16.8 Å². The van der Waals surface area contributed by atoms with E-state index >= 15 is 0 Å². The first kappa shape index (κ1) is 19.8. The second-order valence-electron chi connectivity index (χ2n) is 6.34. The van der Waals surface area contributed by atoms with Gasteiger partial charge in [0.15, 0.2) is 6.61 Å². The molecule has 0 heterocycles. The predicted octanol–water partition coefficient (Wildman–Crippen LogP) is 3.73. The molecule has 2 N–H and O–H groups in total. The molecule has 5 nitrogen and oxygen atoms in total. The lowest BCUT2D eigenvalue weighted by Crippen LogP contribution is -2.31. The van der Waals surface area contributed by atoms with Crippen LogP contribution in [0, 0.1) is 6.92 Å². The van der Waals surface area contributed by atoms with Crippen molar-refractivity contribution < 1.29 is 14.3 Å². The van der Waals surface area contributed by atoms with Crippen LogP contribution in [0.2, 0.25) is 5.02 Å². The molecule has 138 valence electrons. The summed E-state index contributed by atoms with van der Waals surface area (Å²) in [5.41, 5.74) is 2.41. The molecule has 0 saturated carbocycles. The van der Waals surface area contributed by atoms with Crippen molar-refractivity contribution >= 4 is 29.1 Å². The molecule has 0 aliphatic heterocycles. The van der Waals surface area contributed by atoms with Gasteiger partial charge in [-0.15, -0.1) is 0 Å². The number of carbonyl (C=O) groups is 2. The first-order valence-corrected chi connectivity index (χ1v) is 8.78. The molecule has 0 spiro atoms. The Morgan fingerprint density at radius 3 is 2.38 bits per heavy atom. The minimum atomic E-state index is -0.260. The van der Waals surface area contributed by atoms with Crippen molar-refractivity contribution in [2.24, 2.45) is 0 Å². The van der Waals surface area contributed by atoms with E-state index in [4.69, 9.17) is 16.3 Å². The van der Waals surface area contributed by atoms with Gasteiger partial charge in [0.1, 0.15) is 5.75 Å². The fourth-order valence-electron chi connectivity index (χ4n) is 2.38. The largest absolute Gasteiger partial charge is 0.483 e. The van der Waals surface area contributed by atoms with Crippen molar-refractivity contribution in [1.82, 2.24) is 5.32 Å². The maximum absolute atomic E-state index is 12.0. The van der Waals surface area contributed by atoms with Crippen molar-refractivity contribution in [3.8, 4) is 5.75 Å². The smallest absolute Gasteiger partial charge is 0.262 e. The topological polar surface area (TPSA) is 67.4 Å². The van der Waals surface area contributed by atoms with E-state index in [9.17, 15) is 9.59 Å². The summed E-state index contributed by atoms with van der Waals surface area (Å²) in [6, 6.07) is 12.5. The molecule has 0 bridgehead atoms. The van der Waals surface area contributed by atoms with Gasteiger partial charge < -0.3 is 15.4 Å². The second kappa shape index (κ2) is 9.25. The zero-order valence-corrected chi connectivity index (χ0v) is 15.9. The Morgan fingerprint density at radius 2 is 1.77 bits per heavy atom. The van der Waals surface area contributed by atoms with E-state index in [2.05, 4.69) is 10.6 Å². The monoisotopic (exact) mass is 374 g/mol. The van der Waals surface area contributed by atoms with Gasteiger partial charge in [0.2, 0.25) is 5.91 Å². The SMILES string of the molecule is Cc1cc(Cl)ccc1OCC(=O)Nc1ccc(CC(=O)NC(C)C)cc1. The van der Waals surface area contributed by atoms with E-state index in [1.54, 1.807) is 30.3 Å². The lowest BCUT2D eigenvalue weighted by atomic mass is 10.1. The van der Waals surface area contributed by atoms with Crippen LogP contribution in [-0.2, 0) is 16.0 Å². The molecular weight excluding hydrogens is 352 g/mol. The lowest BCUT2D eigenvalue weighted by molar-refractivity contribution is -0.121. The quantitative estimate of drug-likeness (QED) is 0.775. The molecule has 0 fully saturated rings. The fraction of sp³-hybridized carbons (Fsp3) is 0.300. The Labute approximate surface area is 158 Å². The van der Waals surface area contributed by atoms with Crippen molar-refractivity contribution in [2.75, 3.05) is 11.9 Å². The van der Waals surface area contributed by atoms with Crippen LogP contribution in [0.3, 0.4) is 0 Å². The molecule has 26 heavy (non-hydrogen) atoms. The summed E-state index contributed by atoms with van der Waals surface area (Å²) < 4.78 is 5.52. The number of benzene rings is 2. The number of hydrogen-bond acceptors (Lipinski definition) is 3. The van der Waals surface area contributed by atoms with E-state index < -0.39 is 0 Å². The zero-order chi connectivity index (χ0) is 19.1. The minimum Gasteiger partial charge on any atom is -0.483 e. The van der Waals surface area contributed by atoms with Gasteiger partial charge in [-0.3, -0.25) is 9.59 Å². The van der Waals surface area contributed by atoms with Gasteiger partial charge in [-0.25, -0.2) is 0 Å². The Hall–Kier alpha value is -2.53. The molecule has 0 aliphatic carbocycles. The molecule has 0 atom stereocenters. The normalized spacial score (nSPS) is 10.5. The van der Waals surface area contributed by atoms with Crippen LogP contribution in [-0.4, -0.2) is 24.5 Å². The van der Waals surface area contributed by atoms with Gasteiger partial charge in [-0.2, -0.15) is 0 Å². The number of amides is 2. The third-order valence-corrected chi connectivity index (χ3v) is 3.78. The zero-order valence-electron chi connectivity index (χ0n) is 15.1. The van der Waals surface area contributed by atoms with E-state index in [0.717, 1.165) is 11.1 Å². The molecule has 0 aliphatic rings. The van der Waals surface area contributed by atoms with E-state index in [1.165, 1.54) is 0 Å². The Bertz CT molecular complexity index is 773. The molecule has 2 rings (SSSR count). The molecule has 0 radical (unpaired) electrons. The summed E-state index contributed by atoms with van der Waals surface area (Å²) in [6.07, 6.45) is 0.311. The van der Waals surface area contributed by atoms with Gasteiger partial charge in [-0.1, -0.05) is 23.7 Å². The van der Waals surface area contributed by atoms with Gasteiger partial charge in [0.25, 0.3) is 5.91 Å². The van der Waals surface area contributed by atoms with Crippen LogP contribution < -0.4 is 15.4 Å². The Kier molecular flexibility index (Phi) is 7.04. The minimum absolute atomic E-state index is 0.0245. The summed E-state index contributed by atoms with van der Waals surface area (Å²) in [5, 5.41) is 6.24. The highest BCUT2D eigenvalue weighted by atomic mass is 35.5. The van der Waals surface area contributed by atoms with Crippen molar-refractivity contribution in [1.29, 1.82) is 0 Å². The molecule has 0 aromatic heterocycles. The van der Waals surface area contributed by atoms with Crippen LogP contribution in [0.4, 0.5) is 5.69 Å². The average molecular weight is 375 g/mol. The van der Waals surface area contributed by atoms with Crippen molar-refractivity contribution in [3.63, 3.8) is 0 Å². The first-order chi connectivity index (χ1) is 12.3. The second-order valence-corrected chi connectivity index (χ2v) is 6.78. The number of ether oxygens (including phenoxy) is 1. The highest BCUT2D eigenvalue weighted by Crippen LogP contribution is 2.21. The number of carbonyl (C=O) groups excluding carboxylic acids is 2. The number of aryl methyl sites for hydroxylation is 1. The maximum Gasteiger partial charge on any atom is 0.262 e. The van der Waals surface area contributed by atoms with Crippen LogP contribution >= 0.6 is 11.6 Å². The number of halogens is 1. The van der Waals surface area contributed by atoms with Gasteiger partial charge >= 0.3 is 0 Å². The van der Waals surface area contributed by atoms with Crippen LogP contribution in [0.1, 0.15) is 25.0 Å². The van der Waals surface area contributed by atoms with Crippen LogP contribution in [0.5, 0.6) is 5.75 Å². The summed E-state index contributed by atoms with van der Waals surface area (Å²) in [6.45, 7) is 5.61. The highest BCUT2D eigenvalue weighted by Gasteiger charge is 2.08. The molecule has 6 heteroatoms. The van der Waals surface area contributed by atoms with E-state index in [0.29, 0.717) is 22.9 Å². The lowest BCUT2D eigenvalue weighted by Gasteiger charge is -2.11. The third-order valence-electron chi connectivity index (χ3n) is 3.55. The molecule has 2 amide bonds. The molecule has 2 aromatic rings. The standard InChI is InChI=1S/C20H23ClN2O3/c1-13(2)22-19(24)11-15-4-7-17(8-5-15)23-20(25)12-26-18-9-6-16(21)10-14(18)3/h4-10,13H,11-12H2,1-3H3,(H,22,24)(H,23,25). The average Bonchev–Trinajstić information content (AvgIpc) is 2.55. The summed E-state index contributed by atoms with van der Waals surface area (Å²) in [5.74, 6) is 0.337. The summed E-state index contributed by atoms with van der Waals surface area (Å²) >= 11 is 5.90. The maximum atomic E-state index is 12.0.